The highest BCUT2D eigenvalue weighted by molar-refractivity contribution is 7.99. The predicted octanol–water partition coefficient (Wildman–Crippen LogP) is 2.21. The Morgan fingerprint density at radius 3 is 2.43 bits per heavy atom. The van der Waals surface area contributed by atoms with Crippen LogP contribution in [-0.4, -0.2) is 22.6 Å². The van der Waals surface area contributed by atoms with E-state index in [0.717, 1.165) is 17.7 Å². The highest BCUT2D eigenvalue weighted by Gasteiger charge is 2.00. The summed E-state index contributed by atoms with van der Waals surface area (Å²) >= 11 is 1.72. The summed E-state index contributed by atoms with van der Waals surface area (Å²) in [4.78, 5) is 1.18. The Kier molecular flexibility index (Phi) is 5.01. The van der Waals surface area contributed by atoms with Crippen molar-refractivity contribution in [2.24, 2.45) is 0 Å². The molecular weight excluding hydrogens is 196 g/mol. The molecule has 1 atom stereocenters. The summed E-state index contributed by atoms with van der Waals surface area (Å²) in [5.41, 5.74) is 0.941. The van der Waals surface area contributed by atoms with Crippen molar-refractivity contribution in [1.82, 2.24) is 0 Å². The monoisotopic (exact) mass is 212 g/mol. The normalized spacial score (nSPS) is 12.8. The Hall–Kier alpha value is -0.510. The summed E-state index contributed by atoms with van der Waals surface area (Å²) in [6.07, 6.45) is 0.425. The molecule has 0 fully saturated rings. The molecule has 1 aromatic rings. The third-order valence-electron chi connectivity index (χ3n) is 1.93. The highest BCUT2D eigenvalue weighted by Crippen LogP contribution is 2.21. The van der Waals surface area contributed by atoms with Gasteiger partial charge in [-0.1, -0.05) is 12.1 Å². The highest BCUT2D eigenvalue weighted by atomic mass is 32.2. The van der Waals surface area contributed by atoms with Crippen LogP contribution in [0.15, 0.2) is 29.2 Å². The van der Waals surface area contributed by atoms with Gasteiger partial charge in [0.2, 0.25) is 0 Å². The van der Waals surface area contributed by atoms with E-state index in [4.69, 9.17) is 5.11 Å². The van der Waals surface area contributed by atoms with E-state index in [9.17, 15) is 5.11 Å². The van der Waals surface area contributed by atoms with Crippen molar-refractivity contribution in [1.29, 1.82) is 0 Å². The molecule has 1 rings (SSSR count). The molecule has 0 amide bonds. The molecule has 1 unspecified atom stereocenters. The predicted molar refractivity (Wildman–Crippen MR) is 59.5 cm³/mol. The maximum absolute atomic E-state index is 9.29. The van der Waals surface area contributed by atoms with Gasteiger partial charge in [-0.25, -0.2) is 0 Å². The van der Waals surface area contributed by atoms with Crippen molar-refractivity contribution < 1.29 is 10.2 Å². The van der Waals surface area contributed by atoms with Gasteiger partial charge in [0, 0.05) is 17.3 Å². The molecule has 2 nitrogen and oxygen atoms in total. The lowest BCUT2D eigenvalue weighted by Crippen LogP contribution is -1.90. The van der Waals surface area contributed by atoms with Gasteiger partial charge in [0.05, 0.1) is 6.10 Å². The lowest BCUT2D eigenvalue weighted by atomic mass is 10.1. The van der Waals surface area contributed by atoms with E-state index in [1.54, 1.807) is 18.7 Å². The van der Waals surface area contributed by atoms with E-state index in [2.05, 4.69) is 0 Å². The van der Waals surface area contributed by atoms with Gasteiger partial charge < -0.3 is 10.2 Å². The van der Waals surface area contributed by atoms with Crippen LogP contribution >= 0.6 is 11.8 Å². The first kappa shape index (κ1) is 11.6. The number of aliphatic hydroxyl groups excluding tert-OH is 2. The average Bonchev–Trinajstić information content (AvgIpc) is 2.19. The van der Waals surface area contributed by atoms with Crippen LogP contribution in [0.4, 0.5) is 0 Å². The summed E-state index contributed by atoms with van der Waals surface area (Å²) < 4.78 is 0. The zero-order valence-corrected chi connectivity index (χ0v) is 9.13. The largest absolute Gasteiger partial charge is 0.396 e. The van der Waals surface area contributed by atoms with E-state index in [1.165, 1.54) is 4.90 Å². The van der Waals surface area contributed by atoms with Gasteiger partial charge in [0.25, 0.3) is 0 Å². The van der Waals surface area contributed by atoms with E-state index in [1.807, 2.05) is 24.3 Å². The fourth-order valence-electron chi connectivity index (χ4n) is 1.10. The lowest BCUT2D eigenvalue weighted by Gasteiger charge is -2.05. The van der Waals surface area contributed by atoms with Crippen LogP contribution in [-0.2, 0) is 0 Å². The molecule has 14 heavy (non-hydrogen) atoms. The quantitative estimate of drug-likeness (QED) is 0.581. The Morgan fingerprint density at radius 1 is 1.29 bits per heavy atom. The molecule has 78 valence electrons. The van der Waals surface area contributed by atoms with Gasteiger partial charge in [-0.2, -0.15) is 0 Å². The van der Waals surface area contributed by atoms with E-state index < -0.39 is 6.10 Å². The minimum Gasteiger partial charge on any atom is -0.396 e. The Bertz CT molecular complexity index is 256. The van der Waals surface area contributed by atoms with Crippen molar-refractivity contribution in [3.63, 3.8) is 0 Å². The third kappa shape index (κ3) is 3.70. The van der Waals surface area contributed by atoms with Gasteiger partial charge in [-0.15, -0.1) is 11.8 Å². The molecule has 0 aliphatic heterocycles. The molecule has 0 aliphatic carbocycles. The first-order chi connectivity index (χ1) is 6.74. The number of hydrogen-bond donors (Lipinski definition) is 2. The Labute approximate surface area is 89.0 Å². The van der Waals surface area contributed by atoms with Gasteiger partial charge in [-0.3, -0.25) is 0 Å². The van der Waals surface area contributed by atoms with Crippen molar-refractivity contribution in [3.05, 3.63) is 29.8 Å². The van der Waals surface area contributed by atoms with Crippen LogP contribution in [0.5, 0.6) is 0 Å². The molecule has 0 saturated carbocycles. The van der Waals surface area contributed by atoms with Gasteiger partial charge in [0.1, 0.15) is 0 Å². The van der Waals surface area contributed by atoms with Crippen LogP contribution in [0.1, 0.15) is 25.0 Å². The van der Waals surface area contributed by atoms with Crippen LogP contribution in [0.3, 0.4) is 0 Å². The molecular formula is C11H16O2S. The van der Waals surface area contributed by atoms with Crippen LogP contribution < -0.4 is 0 Å². The topological polar surface area (TPSA) is 40.5 Å². The van der Waals surface area contributed by atoms with Gasteiger partial charge in [-0.05, 0) is 31.0 Å². The molecule has 0 aliphatic rings. The first-order valence-corrected chi connectivity index (χ1v) is 5.74. The number of thioether (sulfide) groups is 1. The summed E-state index contributed by atoms with van der Waals surface area (Å²) in [6, 6.07) is 7.88. The SMILES string of the molecule is CC(O)c1ccc(SCCCO)cc1. The average molecular weight is 212 g/mol. The standard InChI is InChI=1S/C11H16O2S/c1-9(13)10-3-5-11(6-4-10)14-8-2-7-12/h3-6,9,12-13H,2,7-8H2,1H3. The fourth-order valence-corrected chi connectivity index (χ4v) is 1.93. The number of rotatable bonds is 5. The molecule has 1 aromatic carbocycles. The minimum atomic E-state index is -0.397. The molecule has 2 N–H and O–H groups in total. The fraction of sp³-hybridized carbons (Fsp3) is 0.455. The van der Waals surface area contributed by atoms with Crippen LogP contribution in [0, 0.1) is 0 Å². The molecule has 0 saturated heterocycles. The lowest BCUT2D eigenvalue weighted by molar-refractivity contribution is 0.199. The second kappa shape index (κ2) is 6.06. The smallest absolute Gasteiger partial charge is 0.0761 e. The summed E-state index contributed by atoms with van der Waals surface area (Å²) in [7, 11) is 0. The summed E-state index contributed by atoms with van der Waals surface area (Å²) in [5.74, 6) is 0.935. The van der Waals surface area contributed by atoms with Crippen LogP contribution in [0.25, 0.3) is 0 Å². The first-order valence-electron chi connectivity index (χ1n) is 4.75. The summed E-state index contributed by atoms with van der Waals surface area (Å²) in [5, 5.41) is 17.9. The third-order valence-corrected chi connectivity index (χ3v) is 3.03. The van der Waals surface area contributed by atoms with Crippen molar-refractivity contribution in [2.45, 2.75) is 24.3 Å². The van der Waals surface area contributed by atoms with Gasteiger partial charge in [0.15, 0.2) is 0 Å². The van der Waals surface area contributed by atoms with Crippen molar-refractivity contribution in [2.75, 3.05) is 12.4 Å². The van der Waals surface area contributed by atoms with Crippen molar-refractivity contribution in [3.8, 4) is 0 Å². The van der Waals surface area contributed by atoms with Gasteiger partial charge >= 0.3 is 0 Å². The van der Waals surface area contributed by atoms with E-state index in [0.29, 0.717) is 0 Å². The van der Waals surface area contributed by atoms with E-state index >= 15 is 0 Å². The van der Waals surface area contributed by atoms with E-state index in [-0.39, 0.29) is 6.61 Å². The van der Waals surface area contributed by atoms with Crippen LogP contribution in [0.2, 0.25) is 0 Å². The maximum atomic E-state index is 9.29. The molecule has 0 spiro atoms. The summed E-state index contributed by atoms with van der Waals surface area (Å²) in [6.45, 7) is 2.01. The Balaban J connectivity index is 2.47. The molecule has 0 radical (unpaired) electrons. The minimum absolute atomic E-state index is 0.249. The molecule has 0 heterocycles. The second-order valence-corrected chi connectivity index (χ2v) is 4.34. The maximum Gasteiger partial charge on any atom is 0.0761 e. The molecule has 3 heteroatoms. The number of benzene rings is 1. The Morgan fingerprint density at radius 2 is 1.93 bits per heavy atom. The second-order valence-electron chi connectivity index (χ2n) is 3.17. The number of aliphatic hydroxyl groups is 2. The van der Waals surface area contributed by atoms with Crippen molar-refractivity contribution >= 4 is 11.8 Å². The molecule has 0 bridgehead atoms. The zero-order valence-electron chi connectivity index (χ0n) is 8.31. The molecule has 0 aromatic heterocycles. The zero-order chi connectivity index (χ0) is 10.4. The number of hydrogen-bond acceptors (Lipinski definition) is 3.